The monoisotopic (exact) mass is 284 g/mol. The van der Waals surface area contributed by atoms with E-state index >= 15 is 0 Å². The Morgan fingerprint density at radius 3 is 2.05 bits per heavy atom. The highest BCUT2D eigenvalue weighted by molar-refractivity contribution is 5.75. The quantitative estimate of drug-likeness (QED) is 0.856. The molecule has 1 aliphatic rings. The van der Waals surface area contributed by atoms with Gasteiger partial charge in [0.1, 0.15) is 5.75 Å². The lowest BCUT2D eigenvalue weighted by Gasteiger charge is -2.15. The summed E-state index contributed by atoms with van der Waals surface area (Å²) in [6, 6.07) is 10.5. The third-order valence-corrected chi connectivity index (χ3v) is 4.10. The molecule has 0 heterocycles. The van der Waals surface area contributed by atoms with E-state index in [4.69, 9.17) is 14.2 Å². The molecule has 0 aliphatic heterocycles. The van der Waals surface area contributed by atoms with Crippen molar-refractivity contribution in [3.05, 3.63) is 41.5 Å². The average molecular weight is 284 g/mol. The summed E-state index contributed by atoms with van der Waals surface area (Å²) in [5, 5.41) is 0. The molecule has 3 nitrogen and oxygen atoms in total. The smallest absolute Gasteiger partial charge is 0.161 e. The van der Waals surface area contributed by atoms with Gasteiger partial charge in [-0.15, -0.1) is 0 Å². The molecule has 0 saturated heterocycles. The van der Waals surface area contributed by atoms with E-state index in [-0.39, 0.29) is 0 Å². The largest absolute Gasteiger partial charge is 0.497 e. The standard InChI is InChI=1S/C18H20O3/c1-19-14-7-8-15-12(9-14)5-4-6-13-10-17(20-2)18(21-3)11-16(13)15/h7-11H,4-6H2,1-3H3. The first-order valence-corrected chi connectivity index (χ1v) is 7.19. The Kier molecular flexibility index (Phi) is 3.74. The van der Waals surface area contributed by atoms with Crippen LogP contribution in [0.15, 0.2) is 30.3 Å². The average Bonchev–Trinajstić information content (AvgIpc) is 2.71. The molecule has 0 radical (unpaired) electrons. The molecule has 0 atom stereocenters. The molecule has 0 saturated carbocycles. The number of benzene rings is 2. The van der Waals surface area contributed by atoms with Gasteiger partial charge in [0.05, 0.1) is 21.3 Å². The van der Waals surface area contributed by atoms with Crippen molar-refractivity contribution in [2.45, 2.75) is 19.3 Å². The highest BCUT2D eigenvalue weighted by atomic mass is 16.5. The summed E-state index contributed by atoms with van der Waals surface area (Å²) >= 11 is 0. The molecule has 0 aromatic heterocycles. The summed E-state index contributed by atoms with van der Waals surface area (Å²) in [5.74, 6) is 2.49. The first kappa shape index (κ1) is 13.8. The van der Waals surface area contributed by atoms with E-state index in [1.165, 1.54) is 22.3 Å². The molecular formula is C18H20O3. The summed E-state index contributed by atoms with van der Waals surface area (Å²) in [4.78, 5) is 0. The van der Waals surface area contributed by atoms with Crippen molar-refractivity contribution in [3.8, 4) is 28.4 Å². The third-order valence-electron chi connectivity index (χ3n) is 4.10. The van der Waals surface area contributed by atoms with Gasteiger partial charge in [0, 0.05) is 0 Å². The molecule has 3 rings (SSSR count). The minimum atomic E-state index is 0.778. The van der Waals surface area contributed by atoms with Gasteiger partial charge >= 0.3 is 0 Å². The van der Waals surface area contributed by atoms with E-state index in [2.05, 4.69) is 24.3 Å². The molecule has 0 N–H and O–H groups in total. The molecule has 3 heteroatoms. The zero-order valence-corrected chi connectivity index (χ0v) is 12.7. The van der Waals surface area contributed by atoms with Crippen molar-refractivity contribution in [1.82, 2.24) is 0 Å². The Morgan fingerprint density at radius 2 is 1.38 bits per heavy atom. The van der Waals surface area contributed by atoms with Crippen molar-refractivity contribution < 1.29 is 14.2 Å². The van der Waals surface area contributed by atoms with Crippen LogP contribution in [0.25, 0.3) is 11.1 Å². The highest BCUT2D eigenvalue weighted by Gasteiger charge is 2.18. The van der Waals surface area contributed by atoms with Gasteiger partial charge in [0.2, 0.25) is 0 Å². The second kappa shape index (κ2) is 5.68. The van der Waals surface area contributed by atoms with E-state index in [9.17, 15) is 0 Å². The predicted octanol–water partition coefficient (Wildman–Crippen LogP) is 3.87. The Morgan fingerprint density at radius 1 is 0.714 bits per heavy atom. The van der Waals surface area contributed by atoms with Crippen LogP contribution in [0.3, 0.4) is 0 Å². The van der Waals surface area contributed by atoms with Gasteiger partial charge in [-0.3, -0.25) is 0 Å². The molecular weight excluding hydrogens is 264 g/mol. The fourth-order valence-corrected chi connectivity index (χ4v) is 3.01. The lowest BCUT2D eigenvalue weighted by atomic mass is 9.96. The van der Waals surface area contributed by atoms with Crippen molar-refractivity contribution in [1.29, 1.82) is 0 Å². The molecule has 2 aromatic rings. The van der Waals surface area contributed by atoms with Gasteiger partial charge in [-0.05, 0) is 65.8 Å². The van der Waals surface area contributed by atoms with Crippen molar-refractivity contribution in [2.75, 3.05) is 21.3 Å². The fraction of sp³-hybridized carbons (Fsp3) is 0.333. The minimum absolute atomic E-state index is 0.778. The number of ether oxygens (including phenoxy) is 3. The van der Waals surface area contributed by atoms with Gasteiger partial charge in [0.15, 0.2) is 11.5 Å². The van der Waals surface area contributed by atoms with E-state index in [0.29, 0.717) is 0 Å². The first-order chi connectivity index (χ1) is 10.3. The van der Waals surface area contributed by atoms with Crippen molar-refractivity contribution in [2.24, 2.45) is 0 Å². The van der Waals surface area contributed by atoms with Crippen LogP contribution in [0.4, 0.5) is 0 Å². The molecule has 0 bridgehead atoms. The first-order valence-electron chi connectivity index (χ1n) is 7.19. The van der Waals surface area contributed by atoms with Crippen molar-refractivity contribution in [3.63, 3.8) is 0 Å². The molecule has 0 amide bonds. The number of rotatable bonds is 3. The van der Waals surface area contributed by atoms with Gasteiger partial charge in [-0.2, -0.15) is 0 Å². The maximum Gasteiger partial charge on any atom is 0.161 e. The van der Waals surface area contributed by atoms with Crippen LogP contribution < -0.4 is 14.2 Å². The SMILES string of the molecule is COc1ccc2c(c1)CCCc1cc(OC)c(OC)cc1-2. The number of methoxy groups -OCH3 is 3. The van der Waals surface area contributed by atoms with Crippen LogP contribution in [-0.4, -0.2) is 21.3 Å². The zero-order chi connectivity index (χ0) is 14.8. The van der Waals surface area contributed by atoms with E-state index < -0.39 is 0 Å². The number of aryl methyl sites for hydroxylation is 2. The number of hydrogen-bond donors (Lipinski definition) is 0. The molecule has 110 valence electrons. The molecule has 21 heavy (non-hydrogen) atoms. The maximum absolute atomic E-state index is 5.45. The predicted molar refractivity (Wildman–Crippen MR) is 83.6 cm³/mol. The Balaban J connectivity index is 2.19. The lowest BCUT2D eigenvalue weighted by molar-refractivity contribution is 0.354. The third kappa shape index (κ3) is 2.44. The maximum atomic E-state index is 5.45. The van der Waals surface area contributed by atoms with E-state index in [1.807, 2.05) is 6.07 Å². The van der Waals surface area contributed by atoms with E-state index in [0.717, 1.165) is 36.5 Å². The summed E-state index contributed by atoms with van der Waals surface area (Å²) in [5.41, 5.74) is 5.16. The summed E-state index contributed by atoms with van der Waals surface area (Å²) in [6.07, 6.45) is 3.24. The summed E-state index contributed by atoms with van der Waals surface area (Å²) in [7, 11) is 5.07. The zero-order valence-electron chi connectivity index (χ0n) is 12.7. The number of hydrogen-bond acceptors (Lipinski definition) is 3. The topological polar surface area (TPSA) is 27.7 Å². The minimum Gasteiger partial charge on any atom is -0.497 e. The second-order valence-electron chi connectivity index (χ2n) is 5.24. The van der Waals surface area contributed by atoms with Crippen molar-refractivity contribution >= 4 is 0 Å². The molecule has 1 aliphatic carbocycles. The molecule has 0 fully saturated rings. The van der Waals surface area contributed by atoms with Gasteiger partial charge in [-0.25, -0.2) is 0 Å². The number of fused-ring (bicyclic) bond motifs is 3. The lowest BCUT2D eigenvalue weighted by Crippen LogP contribution is -1.95. The van der Waals surface area contributed by atoms with E-state index in [1.54, 1.807) is 21.3 Å². The summed E-state index contributed by atoms with van der Waals surface area (Å²) < 4.78 is 16.2. The van der Waals surface area contributed by atoms with Crippen LogP contribution >= 0.6 is 0 Å². The normalized spacial score (nSPS) is 12.9. The summed E-state index contributed by atoms with van der Waals surface area (Å²) in [6.45, 7) is 0. The van der Waals surface area contributed by atoms with Crippen LogP contribution in [0.1, 0.15) is 17.5 Å². The van der Waals surface area contributed by atoms with Gasteiger partial charge in [-0.1, -0.05) is 6.07 Å². The van der Waals surface area contributed by atoms with Crippen LogP contribution in [0, 0.1) is 0 Å². The molecule has 2 aromatic carbocycles. The molecule has 0 spiro atoms. The Labute approximate surface area is 125 Å². The van der Waals surface area contributed by atoms with Crippen LogP contribution in [0.5, 0.6) is 17.2 Å². The van der Waals surface area contributed by atoms with Gasteiger partial charge < -0.3 is 14.2 Å². The molecule has 0 unspecified atom stereocenters. The van der Waals surface area contributed by atoms with Crippen LogP contribution in [-0.2, 0) is 12.8 Å². The second-order valence-corrected chi connectivity index (χ2v) is 5.24. The fourth-order valence-electron chi connectivity index (χ4n) is 3.01. The highest BCUT2D eigenvalue weighted by Crippen LogP contribution is 2.40. The van der Waals surface area contributed by atoms with Crippen LogP contribution in [0.2, 0.25) is 0 Å². The Hall–Kier alpha value is -2.16. The van der Waals surface area contributed by atoms with Gasteiger partial charge in [0.25, 0.3) is 0 Å². The Bertz CT molecular complexity index is 662.